The van der Waals surface area contributed by atoms with Crippen LogP contribution in [0.25, 0.3) is 0 Å². The molecule has 8 nitrogen and oxygen atoms in total. The maximum atomic E-state index is 5.45. The molecule has 0 aromatic carbocycles. The summed E-state index contributed by atoms with van der Waals surface area (Å²) in [4.78, 5) is 0. The van der Waals surface area contributed by atoms with E-state index in [9.17, 15) is 0 Å². The molecule has 4 rings (SSSR count). The third-order valence-corrected chi connectivity index (χ3v) is 4.52. The lowest BCUT2D eigenvalue weighted by Crippen LogP contribution is -2.10. The SMILES string of the molecule is C(CCCOCC1CO1)CCOCC1CO1.C(COCC1CO1)OCC1CO1. The lowest BCUT2D eigenvalue weighted by molar-refractivity contribution is 0.0366. The fraction of sp³-hybridized carbons (Fsp3) is 1.00. The number of hydrogen-bond donors (Lipinski definition) is 0. The lowest BCUT2D eigenvalue weighted by atomic mass is 10.2. The Kier molecular flexibility index (Phi) is 11.0. The second-order valence-electron chi connectivity index (χ2n) is 7.54. The fourth-order valence-corrected chi connectivity index (χ4v) is 2.40. The Hall–Kier alpha value is -0.320. The van der Waals surface area contributed by atoms with Gasteiger partial charge in [-0.1, -0.05) is 12.8 Å². The summed E-state index contributed by atoms with van der Waals surface area (Å²) >= 11 is 0. The summed E-state index contributed by atoms with van der Waals surface area (Å²) < 4.78 is 41.5. The van der Waals surface area contributed by atoms with E-state index >= 15 is 0 Å². The summed E-state index contributed by atoms with van der Waals surface area (Å²) in [6.07, 6.45) is 6.28. The number of rotatable bonds is 18. The normalized spacial score (nSPS) is 29.1. The molecule has 4 aliphatic heterocycles. The van der Waals surface area contributed by atoms with Crippen molar-refractivity contribution in [2.45, 2.75) is 50.1 Å². The monoisotopic (exact) mass is 404 g/mol. The Balaban J connectivity index is 0.000000167. The quantitative estimate of drug-likeness (QED) is 0.249. The molecule has 0 saturated carbocycles. The first-order valence-corrected chi connectivity index (χ1v) is 10.7. The van der Waals surface area contributed by atoms with Crippen LogP contribution in [-0.4, -0.2) is 104 Å². The molecule has 4 fully saturated rings. The first-order chi connectivity index (χ1) is 13.9. The van der Waals surface area contributed by atoms with Crippen molar-refractivity contribution in [1.29, 1.82) is 0 Å². The molecule has 0 aliphatic carbocycles. The third-order valence-electron chi connectivity index (χ3n) is 4.52. The summed E-state index contributed by atoms with van der Waals surface area (Å²) in [5.74, 6) is 0. The number of unbranched alkanes of at least 4 members (excludes halogenated alkanes) is 3. The Bertz CT molecular complexity index is 344. The van der Waals surface area contributed by atoms with Gasteiger partial charge in [-0.25, -0.2) is 0 Å². The van der Waals surface area contributed by atoms with Gasteiger partial charge in [0.25, 0.3) is 0 Å². The second kappa shape index (κ2) is 13.8. The fourth-order valence-electron chi connectivity index (χ4n) is 2.40. The van der Waals surface area contributed by atoms with Crippen molar-refractivity contribution in [1.82, 2.24) is 0 Å². The molecule has 0 spiro atoms. The minimum Gasteiger partial charge on any atom is -0.379 e. The molecule has 0 aromatic heterocycles. The molecule has 28 heavy (non-hydrogen) atoms. The van der Waals surface area contributed by atoms with Crippen LogP contribution in [0, 0.1) is 0 Å². The Labute approximate surface area is 168 Å². The minimum atomic E-state index is 0.358. The van der Waals surface area contributed by atoms with Gasteiger partial charge in [0.05, 0.1) is 66.1 Å². The van der Waals surface area contributed by atoms with Gasteiger partial charge in [-0.05, 0) is 12.8 Å². The molecule has 4 saturated heterocycles. The van der Waals surface area contributed by atoms with Gasteiger partial charge in [0.15, 0.2) is 0 Å². The van der Waals surface area contributed by atoms with E-state index in [0.29, 0.717) is 50.8 Å². The van der Waals surface area contributed by atoms with Crippen LogP contribution >= 0.6 is 0 Å². The molecule has 164 valence electrons. The second-order valence-corrected chi connectivity index (χ2v) is 7.54. The van der Waals surface area contributed by atoms with Crippen molar-refractivity contribution in [3.05, 3.63) is 0 Å². The van der Waals surface area contributed by atoms with Crippen molar-refractivity contribution < 1.29 is 37.9 Å². The molecule has 0 bridgehead atoms. The van der Waals surface area contributed by atoms with Gasteiger partial charge in [0, 0.05) is 13.2 Å². The van der Waals surface area contributed by atoms with E-state index in [4.69, 9.17) is 37.9 Å². The zero-order valence-electron chi connectivity index (χ0n) is 16.9. The highest BCUT2D eigenvalue weighted by atomic mass is 16.6. The average Bonchev–Trinajstić information content (AvgIpc) is 3.56. The summed E-state index contributed by atoms with van der Waals surface area (Å²) in [7, 11) is 0. The maximum absolute atomic E-state index is 5.45. The van der Waals surface area contributed by atoms with Gasteiger partial charge in [0.1, 0.15) is 24.4 Å². The lowest BCUT2D eigenvalue weighted by Gasteiger charge is -2.03. The standard InChI is InChI=1S/C12H22O4.C8H14O4/c1(3-5-13-7-11-9-15-11)2-4-6-14-8-12-10-16-12;1(9-3-7-5-11-7)2-10-4-8-6-12-8/h11-12H,1-10H2;7-8H,1-6H2. The molecular formula is C20H36O8. The van der Waals surface area contributed by atoms with E-state index in [-0.39, 0.29) is 0 Å². The zero-order chi connectivity index (χ0) is 19.3. The van der Waals surface area contributed by atoms with Crippen LogP contribution in [0.5, 0.6) is 0 Å². The third kappa shape index (κ3) is 13.8. The van der Waals surface area contributed by atoms with Gasteiger partial charge in [-0.2, -0.15) is 0 Å². The molecule has 0 N–H and O–H groups in total. The Morgan fingerprint density at radius 2 is 0.714 bits per heavy atom. The summed E-state index contributed by atoms with van der Waals surface area (Å²) in [6, 6.07) is 0. The van der Waals surface area contributed by atoms with Gasteiger partial charge < -0.3 is 37.9 Å². The zero-order valence-corrected chi connectivity index (χ0v) is 16.9. The van der Waals surface area contributed by atoms with Gasteiger partial charge in [-0.3, -0.25) is 0 Å². The average molecular weight is 405 g/mol. The Morgan fingerprint density at radius 1 is 0.429 bits per heavy atom. The minimum absolute atomic E-state index is 0.358. The van der Waals surface area contributed by atoms with E-state index in [0.717, 1.165) is 65.7 Å². The topological polar surface area (TPSA) is 87.0 Å². The smallest absolute Gasteiger partial charge is 0.104 e. The maximum Gasteiger partial charge on any atom is 0.104 e. The van der Waals surface area contributed by atoms with E-state index in [2.05, 4.69) is 0 Å². The first-order valence-electron chi connectivity index (χ1n) is 10.7. The van der Waals surface area contributed by atoms with Crippen LogP contribution in [0.3, 0.4) is 0 Å². The molecule has 0 radical (unpaired) electrons. The molecule has 0 aromatic rings. The van der Waals surface area contributed by atoms with E-state index in [1.807, 2.05) is 0 Å². The van der Waals surface area contributed by atoms with Crippen LogP contribution in [0.2, 0.25) is 0 Å². The number of epoxide rings is 4. The Morgan fingerprint density at radius 3 is 1.00 bits per heavy atom. The molecular weight excluding hydrogens is 368 g/mol. The van der Waals surface area contributed by atoms with Crippen LogP contribution < -0.4 is 0 Å². The molecule has 0 amide bonds. The highest BCUT2D eigenvalue weighted by Gasteiger charge is 2.24. The van der Waals surface area contributed by atoms with Gasteiger partial charge in [0.2, 0.25) is 0 Å². The molecule has 4 unspecified atom stereocenters. The highest BCUT2D eigenvalue weighted by molar-refractivity contribution is 4.68. The van der Waals surface area contributed by atoms with Crippen LogP contribution in [0.4, 0.5) is 0 Å². The van der Waals surface area contributed by atoms with Crippen molar-refractivity contribution in [3.8, 4) is 0 Å². The largest absolute Gasteiger partial charge is 0.379 e. The van der Waals surface area contributed by atoms with E-state index in [1.165, 1.54) is 12.8 Å². The summed E-state index contributed by atoms with van der Waals surface area (Å²) in [5, 5.41) is 0. The van der Waals surface area contributed by atoms with Crippen molar-refractivity contribution in [2.24, 2.45) is 0 Å². The molecule has 4 heterocycles. The van der Waals surface area contributed by atoms with E-state index < -0.39 is 0 Å². The van der Waals surface area contributed by atoms with Crippen molar-refractivity contribution >= 4 is 0 Å². The van der Waals surface area contributed by atoms with Gasteiger partial charge >= 0.3 is 0 Å². The van der Waals surface area contributed by atoms with Gasteiger partial charge in [-0.15, -0.1) is 0 Å². The van der Waals surface area contributed by atoms with Crippen molar-refractivity contribution in [2.75, 3.05) is 79.3 Å². The molecule has 4 aliphatic rings. The number of ether oxygens (including phenoxy) is 8. The van der Waals surface area contributed by atoms with Crippen LogP contribution in [0.15, 0.2) is 0 Å². The first kappa shape index (κ1) is 22.4. The van der Waals surface area contributed by atoms with Crippen molar-refractivity contribution in [3.63, 3.8) is 0 Å². The highest BCUT2D eigenvalue weighted by Crippen LogP contribution is 2.11. The molecule has 8 heteroatoms. The van der Waals surface area contributed by atoms with Crippen LogP contribution in [-0.2, 0) is 37.9 Å². The van der Waals surface area contributed by atoms with Crippen LogP contribution in [0.1, 0.15) is 25.7 Å². The predicted molar refractivity (Wildman–Crippen MR) is 101 cm³/mol. The summed E-state index contributed by atoms with van der Waals surface area (Å²) in [5.41, 5.74) is 0. The number of hydrogen-bond acceptors (Lipinski definition) is 8. The summed E-state index contributed by atoms with van der Waals surface area (Å²) in [6.45, 7) is 9.55. The van der Waals surface area contributed by atoms with E-state index in [1.54, 1.807) is 0 Å². The predicted octanol–water partition coefficient (Wildman–Crippen LogP) is 1.19. The molecule has 4 atom stereocenters.